The molecule has 0 spiro atoms. The minimum absolute atomic E-state index is 0.0193. The molecule has 22 heavy (non-hydrogen) atoms. The van der Waals surface area contributed by atoms with Crippen molar-refractivity contribution in [3.8, 4) is 11.5 Å². The zero-order valence-corrected chi connectivity index (χ0v) is 13.2. The highest BCUT2D eigenvalue weighted by atomic mass is 35.5. The molecule has 0 radical (unpaired) electrons. The molecule has 0 amide bonds. The third kappa shape index (κ3) is 4.37. The number of benzene rings is 2. The molecule has 4 heteroatoms. The van der Waals surface area contributed by atoms with Crippen LogP contribution in [-0.4, -0.2) is 17.0 Å². The summed E-state index contributed by atoms with van der Waals surface area (Å²) in [6, 6.07) is 11.8. The van der Waals surface area contributed by atoms with Crippen molar-refractivity contribution in [3.63, 3.8) is 0 Å². The van der Waals surface area contributed by atoms with E-state index in [9.17, 15) is 9.90 Å². The molecule has 0 fully saturated rings. The molecule has 2 aromatic rings. The molecule has 1 N–H and O–H groups in total. The number of phenols is 1. The second-order valence-corrected chi connectivity index (χ2v) is 5.51. The first-order chi connectivity index (χ1) is 10.5. The number of hydrogen-bond donors (Lipinski definition) is 1. The number of rotatable bonds is 5. The average molecular weight is 317 g/mol. The molecule has 0 saturated heterocycles. The molecule has 0 aliphatic rings. The van der Waals surface area contributed by atoms with Crippen molar-refractivity contribution in [3.05, 3.63) is 64.7 Å². The predicted octanol–water partition coefficient (Wildman–Crippen LogP) is 4.73. The summed E-state index contributed by atoms with van der Waals surface area (Å²) in [5.41, 5.74) is 1.33. The van der Waals surface area contributed by atoms with Crippen molar-refractivity contribution in [2.24, 2.45) is 0 Å². The van der Waals surface area contributed by atoms with Crippen LogP contribution in [0.15, 0.2) is 48.5 Å². The van der Waals surface area contributed by atoms with E-state index >= 15 is 0 Å². The summed E-state index contributed by atoms with van der Waals surface area (Å²) in [6.07, 6.45) is 3.23. The van der Waals surface area contributed by atoms with Crippen LogP contribution in [0.5, 0.6) is 11.5 Å². The van der Waals surface area contributed by atoms with E-state index in [1.807, 2.05) is 13.8 Å². The van der Waals surface area contributed by atoms with Crippen LogP contribution in [0.2, 0.25) is 5.02 Å². The summed E-state index contributed by atoms with van der Waals surface area (Å²) in [4.78, 5) is 12.1. The Balaban J connectivity index is 2.08. The highest BCUT2D eigenvalue weighted by Crippen LogP contribution is 2.24. The standard InChI is InChI=1S/C18H17ClO3/c1-12(2)22-15-7-5-14(6-8-15)17(20)9-3-13-4-10-18(21)16(19)11-13/h3-12,21H,1-2H3. The Morgan fingerprint density at radius 3 is 2.45 bits per heavy atom. The number of ketones is 1. The van der Waals surface area contributed by atoms with Crippen LogP contribution >= 0.6 is 11.6 Å². The van der Waals surface area contributed by atoms with Crippen LogP contribution in [0.3, 0.4) is 0 Å². The van der Waals surface area contributed by atoms with E-state index in [1.165, 1.54) is 12.1 Å². The lowest BCUT2D eigenvalue weighted by molar-refractivity contribution is 0.104. The van der Waals surface area contributed by atoms with E-state index in [0.717, 1.165) is 11.3 Å². The summed E-state index contributed by atoms with van der Waals surface area (Å²) in [6.45, 7) is 3.90. The average Bonchev–Trinajstić information content (AvgIpc) is 2.48. The van der Waals surface area contributed by atoms with Crippen molar-refractivity contribution < 1.29 is 14.6 Å². The molecule has 0 saturated carbocycles. The Labute approximate surface area is 134 Å². The van der Waals surface area contributed by atoms with Gasteiger partial charge in [0.25, 0.3) is 0 Å². The van der Waals surface area contributed by atoms with Crippen molar-refractivity contribution >= 4 is 23.5 Å². The van der Waals surface area contributed by atoms with Crippen LogP contribution in [-0.2, 0) is 0 Å². The van der Waals surface area contributed by atoms with E-state index < -0.39 is 0 Å². The van der Waals surface area contributed by atoms with E-state index in [4.69, 9.17) is 16.3 Å². The maximum atomic E-state index is 12.1. The van der Waals surface area contributed by atoms with Crippen molar-refractivity contribution in [2.75, 3.05) is 0 Å². The summed E-state index contributed by atoms with van der Waals surface area (Å²) in [5, 5.41) is 9.61. The van der Waals surface area contributed by atoms with E-state index in [2.05, 4.69) is 0 Å². The second-order valence-electron chi connectivity index (χ2n) is 5.10. The Morgan fingerprint density at radius 1 is 1.18 bits per heavy atom. The van der Waals surface area contributed by atoms with Gasteiger partial charge in [0, 0.05) is 5.56 Å². The van der Waals surface area contributed by atoms with Crippen molar-refractivity contribution in [1.29, 1.82) is 0 Å². The topological polar surface area (TPSA) is 46.5 Å². The van der Waals surface area contributed by atoms with Crippen LogP contribution in [0, 0.1) is 0 Å². The van der Waals surface area contributed by atoms with E-state index in [0.29, 0.717) is 5.56 Å². The fraction of sp³-hybridized carbons (Fsp3) is 0.167. The van der Waals surface area contributed by atoms with Crippen LogP contribution in [0.4, 0.5) is 0 Å². The molecule has 0 aromatic heterocycles. The minimum atomic E-state index is -0.111. The third-order valence-corrected chi connectivity index (χ3v) is 3.21. The fourth-order valence-electron chi connectivity index (χ4n) is 1.86. The molecule has 3 nitrogen and oxygen atoms in total. The molecule has 0 aliphatic carbocycles. The van der Waals surface area contributed by atoms with Crippen LogP contribution in [0.25, 0.3) is 6.08 Å². The molecule has 0 bridgehead atoms. The molecule has 0 atom stereocenters. The summed E-state index contributed by atoms with van der Waals surface area (Å²) < 4.78 is 5.53. The number of phenolic OH excluding ortho intramolecular Hbond substituents is 1. The van der Waals surface area contributed by atoms with Gasteiger partial charge in [0.15, 0.2) is 5.78 Å². The van der Waals surface area contributed by atoms with E-state index in [-0.39, 0.29) is 22.7 Å². The molecule has 0 heterocycles. The lowest BCUT2D eigenvalue weighted by atomic mass is 10.1. The van der Waals surface area contributed by atoms with Crippen LogP contribution in [0.1, 0.15) is 29.8 Å². The van der Waals surface area contributed by atoms with Gasteiger partial charge in [-0.3, -0.25) is 4.79 Å². The van der Waals surface area contributed by atoms with Gasteiger partial charge in [-0.25, -0.2) is 0 Å². The van der Waals surface area contributed by atoms with Gasteiger partial charge in [-0.1, -0.05) is 23.7 Å². The van der Waals surface area contributed by atoms with Gasteiger partial charge in [0.1, 0.15) is 11.5 Å². The van der Waals surface area contributed by atoms with Crippen LogP contribution < -0.4 is 4.74 Å². The molecule has 2 aromatic carbocycles. The van der Waals surface area contributed by atoms with Gasteiger partial charge >= 0.3 is 0 Å². The lowest BCUT2D eigenvalue weighted by Gasteiger charge is -2.09. The zero-order chi connectivity index (χ0) is 16.1. The summed E-state index contributed by atoms with van der Waals surface area (Å²) in [7, 11) is 0. The first-order valence-electron chi connectivity index (χ1n) is 6.93. The van der Waals surface area contributed by atoms with Gasteiger partial charge in [-0.05, 0) is 61.9 Å². The number of carbonyl (C=O) groups is 1. The van der Waals surface area contributed by atoms with E-state index in [1.54, 1.807) is 42.5 Å². The zero-order valence-electron chi connectivity index (χ0n) is 12.4. The van der Waals surface area contributed by atoms with Gasteiger partial charge in [-0.2, -0.15) is 0 Å². The molecule has 0 aliphatic heterocycles. The normalized spacial score (nSPS) is 11.1. The molecular formula is C18H17ClO3. The Hall–Kier alpha value is -2.26. The van der Waals surface area contributed by atoms with Gasteiger partial charge < -0.3 is 9.84 Å². The number of allylic oxidation sites excluding steroid dienone is 1. The first kappa shape index (κ1) is 16.1. The van der Waals surface area contributed by atoms with Crippen molar-refractivity contribution in [2.45, 2.75) is 20.0 Å². The van der Waals surface area contributed by atoms with Gasteiger partial charge in [-0.15, -0.1) is 0 Å². The Morgan fingerprint density at radius 2 is 1.86 bits per heavy atom. The van der Waals surface area contributed by atoms with Gasteiger partial charge in [0.2, 0.25) is 0 Å². The number of carbonyl (C=O) groups excluding carboxylic acids is 1. The number of aromatic hydroxyl groups is 1. The number of ether oxygens (including phenoxy) is 1. The maximum absolute atomic E-state index is 12.1. The minimum Gasteiger partial charge on any atom is -0.506 e. The largest absolute Gasteiger partial charge is 0.506 e. The number of hydrogen-bond acceptors (Lipinski definition) is 3. The smallest absolute Gasteiger partial charge is 0.185 e. The highest BCUT2D eigenvalue weighted by Gasteiger charge is 2.04. The summed E-state index contributed by atoms with van der Waals surface area (Å²) in [5.74, 6) is 0.645. The lowest BCUT2D eigenvalue weighted by Crippen LogP contribution is -2.05. The quantitative estimate of drug-likeness (QED) is 0.641. The number of halogens is 1. The Bertz CT molecular complexity index is 688. The van der Waals surface area contributed by atoms with Gasteiger partial charge in [0.05, 0.1) is 11.1 Å². The first-order valence-corrected chi connectivity index (χ1v) is 7.31. The fourth-order valence-corrected chi connectivity index (χ4v) is 2.05. The molecule has 114 valence electrons. The van der Waals surface area contributed by atoms with Crippen molar-refractivity contribution in [1.82, 2.24) is 0 Å². The summed E-state index contributed by atoms with van der Waals surface area (Å²) >= 11 is 5.82. The maximum Gasteiger partial charge on any atom is 0.185 e. The third-order valence-electron chi connectivity index (χ3n) is 2.91. The highest BCUT2D eigenvalue weighted by molar-refractivity contribution is 6.32. The molecular weight excluding hydrogens is 300 g/mol. The Kier molecular flexibility index (Phi) is 5.23. The second kappa shape index (κ2) is 7.14. The monoisotopic (exact) mass is 316 g/mol. The predicted molar refractivity (Wildman–Crippen MR) is 88.7 cm³/mol. The molecule has 0 unspecified atom stereocenters. The SMILES string of the molecule is CC(C)Oc1ccc(C(=O)C=Cc2ccc(O)c(Cl)c2)cc1. The molecule has 2 rings (SSSR count).